The molecule has 0 aliphatic heterocycles. The molecule has 0 saturated carbocycles. The van der Waals surface area contributed by atoms with Gasteiger partial charge in [-0.2, -0.15) is 11.8 Å². The molecule has 0 aromatic heterocycles. The quantitative estimate of drug-likeness (QED) is 0.769. The summed E-state index contributed by atoms with van der Waals surface area (Å²) in [6.45, 7) is 0.153. The van der Waals surface area contributed by atoms with Crippen molar-refractivity contribution in [2.75, 3.05) is 18.6 Å². The molecule has 0 atom stereocenters. The molecular weight excluding hydrogens is 281 g/mol. The lowest BCUT2D eigenvalue weighted by Crippen LogP contribution is -2.27. The Morgan fingerprint density at radius 3 is 2.72 bits per heavy atom. The molecule has 0 aliphatic rings. The predicted molar refractivity (Wildman–Crippen MR) is 66.9 cm³/mol. The Labute approximate surface area is 108 Å². The first-order valence-corrected chi connectivity index (χ1v) is 7.77. The summed E-state index contributed by atoms with van der Waals surface area (Å²) in [6, 6.07) is 2.64. The van der Waals surface area contributed by atoms with Crippen LogP contribution in [0.2, 0.25) is 0 Å². The lowest BCUT2D eigenvalue weighted by atomic mass is 10.2. The maximum atomic E-state index is 13.4. The minimum absolute atomic E-state index is 0.153. The summed E-state index contributed by atoms with van der Waals surface area (Å²) in [5, 5.41) is 8.74. The number of sulfonamides is 1. The molecule has 100 valence electrons. The zero-order valence-electron chi connectivity index (χ0n) is 9.51. The van der Waals surface area contributed by atoms with Crippen molar-refractivity contribution in [1.82, 2.24) is 4.72 Å². The van der Waals surface area contributed by atoms with E-state index in [2.05, 4.69) is 4.72 Å². The van der Waals surface area contributed by atoms with Crippen molar-refractivity contribution < 1.29 is 22.7 Å². The molecule has 0 unspecified atom stereocenters. The van der Waals surface area contributed by atoms with Crippen LogP contribution in [0.5, 0.6) is 0 Å². The number of carboxylic acids is 1. The van der Waals surface area contributed by atoms with E-state index in [9.17, 15) is 17.6 Å². The van der Waals surface area contributed by atoms with E-state index < -0.39 is 26.7 Å². The van der Waals surface area contributed by atoms with Gasteiger partial charge in [0.05, 0.1) is 5.56 Å². The van der Waals surface area contributed by atoms with Crippen LogP contribution in [-0.4, -0.2) is 38.0 Å². The molecule has 0 aliphatic carbocycles. The van der Waals surface area contributed by atoms with E-state index in [-0.39, 0.29) is 12.1 Å². The molecule has 0 heterocycles. The van der Waals surface area contributed by atoms with E-state index in [0.29, 0.717) is 5.75 Å². The second kappa shape index (κ2) is 6.17. The summed E-state index contributed by atoms with van der Waals surface area (Å²) >= 11 is 1.43. The lowest BCUT2D eigenvalue weighted by molar-refractivity contribution is 0.0696. The second-order valence-electron chi connectivity index (χ2n) is 3.34. The van der Waals surface area contributed by atoms with Gasteiger partial charge in [-0.15, -0.1) is 0 Å². The standard InChI is InChI=1S/C10H12FNO4S2/c1-17-5-4-12-18(15,16)9-6-7(10(13)14)2-3-8(9)11/h2-3,6,12H,4-5H2,1H3,(H,13,14). The molecule has 0 spiro atoms. The Bertz CT molecular complexity index is 545. The Hall–Kier alpha value is -1.12. The molecular formula is C10H12FNO4S2. The molecule has 0 amide bonds. The van der Waals surface area contributed by atoms with Crippen LogP contribution in [0.1, 0.15) is 10.4 Å². The van der Waals surface area contributed by atoms with Crippen molar-refractivity contribution >= 4 is 27.8 Å². The van der Waals surface area contributed by atoms with E-state index in [1.54, 1.807) is 6.26 Å². The first kappa shape index (κ1) is 14.9. The summed E-state index contributed by atoms with van der Waals surface area (Å²) in [7, 11) is -4.02. The Morgan fingerprint density at radius 1 is 1.50 bits per heavy atom. The fourth-order valence-electron chi connectivity index (χ4n) is 1.20. The van der Waals surface area contributed by atoms with Gasteiger partial charge in [0.2, 0.25) is 10.0 Å². The number of thioether (sulfide) groups is 1. The fourth-order valence-corrected chi connectivity index (χ4v) is 2.77. The maximum absolute atomic E-state index is 13.4. The highest BCUT2D eigenvalue weighted by molar-refractivity contribution is 7.98. The van der Waals surface area contributed by atoms with Gasteiger partial charge in [0.15, 0.2) is 0 Å². The number of carboxylic acid groups (broad SMARTS) is 1. The second-order valence-corrected chi connectivity index (χ2v) is 6.06. The lowest BCUT2D eigenvalue weighted by Gasteiger charge is -2.07. The molecule has 1 aromatic carbocycles. The van der Waals surface area contributed by atoms with Gasteiger partial charge in [0.1, 0.15) is 10.7 Å². The number of rotatable bonds is 6. The highest BCUT2D eigenvalue weighted by atomic mass is 32.2. The molecule has 2 N–H and O–H groups in total. The number of aromatic carboxylic acids is 1. The van der Waals surface area contributed by atoms with Crippen LogP contribution in [0.15, 0.2) is 23.1 Å². The largest absolute Gasteiger partial charge is 0.478 e. The summed E-state index contributed by atoms with van der Waals surface area (Å²) in [5.74, 6) is -1.74. The normalized spacial score (nSPS) is 11.4. The molecule has 0 radical (unpaired) electrons. The minimum Gasteiger partial charge on any atom is -0.478 e. The molecule has 1 aromatic rings. The van der Waals surface area contributed by atoms with Gasteiger partial charge in [-0.05, 0) is 24.5 Å². The first-order valence-electron chi connectivity index (χ1n) is 4.90. The highest BCUT2D eigenvalue weighted by Gasteiger charge is 2.20. The molecule has 5 nitrogen and oxygen atoms in total. The van der Waals surface area contributed by atoms with Crippen molar-refractivity contribution in [3.05, 3.63) is 29.6 Å². The van der Waals surface area contributed by atoms with Gasteiger partial charge in [-0.1, -0.05) is 0 Å². The van der Waals surface area contributed by atoms with Crippen LogP contribution >= 0.6 is 11.8 Å². The topological polar surface area (TPSA) is 83.5 Å². The number of carbonyl (C=O) groups is 1. The van der Waals surface area contributed by atoms with Crippen molar-refractivity contribution in [2.45, 2.75) is 4.90 Å². The van der Waals surface area contributed by atoms with E-state index in [4.69, 9.17) is 5.11 Å². The minimum atomic E-state index is -4.02. The van der Waals surface area contributed by atoms with Crippen LogP contribution in [0.4, 0.5) is 4.39 Å². The van der Waals surface area contributed by atoms with E-state index in [0.717, 1.165) is 18.2 Å². The van der Waals surface area contributed by atoms with Crippen LogP contribution in [0.25, 0.3) is 0 Å². The van der Waals surface area contributed by atoms with Gasteiger partial charge in [0, 0.05) is 12.3 Å². The van der Waals surface area contributed by atoms with Crippen LogP contribution < -0.4 is 4.72 Å². The fraction of sp³-hybridized carbons (Fsp3) is 0.300. The Morgan fingerprint density at radius 2 is 2.17 bits per heavy atom. The van der Waals surface area contributed by atoms with Gasteiger partial charge in [-0.3, -0.25) is 0 Å². The molecule has 0 saturated heterocycles. The van der Waals surface area contributed by atoms with Gasteiger partial charge >= 0.3 is 5.97 Å². The zero-order valence-corrected chi connectivity index (χ0v) is 11.1. The third kappa shape index (κ3) is 3.69. The number of hydrogen-bond acceptors (Lipinski definition) is 4. The molecule has 0 bridgehead atoms. The van der Waals surface area contributed by atoms with Gasteiger partial charge in [-0.25, -0.2) is 22.3 Å². The molecule has 0 fully saturated rings. The third-order valence-corrected chi connectivity index (χ3v) is 4.15. The van der Waals surface area contributed by atoms with Crippen molar-refractivity contribution in [3.8, 4) is 0 Å². The van der Waals surface area contributed by atoms with Crippen LogP contribution in [0.3, 0.4) is 0 Å². The van der Waals surface area contributed by atoms with Crippen molar-refractivity contribution in [1.29, 1.82) is 0 Å². The number of benzene rings is 1. The number of hydrogen-bond donors (Lipinski definition) is 2. The number of halogens is 1. The SMILES string of the molecule is CSCCNS(=O)(=O)c1cc(C(=O)O)ccc1F. The zero-order chi connectivity index (χ0) is 13.8. The summed E-state index contributed by atoms with van der Waals surface area (Å²) < 4.78 is 39.1. The summed E-state index contributed by atoms with van der Waals surface area (Å²) in [6.07, 6.45) is 1.81. The van der Waals surface area contributed by atoms with Crippen LogP contribution in [-0.2, 0) is 10.0 Å². The highest BCUT2D eigenvalue weighted by Crippen LogP contribution is 2.16. The predicted octanol–water partition coefficient (Wildman–Crippen LogP) is 1.17. The molecule has 1 rings (SSSR count). The average Bonchev–Trinajstić information content (AvgIpc) is 2.29. The maximum Gasteiger partial charge on any atom is 0.335 e. The first-order chi connectivity index (χ1) is 8.38. The van der Waals surface area contributed by atoms with E-state index >= 15 is 0 Å². The molecule has 8 heteroatoms. The smallest absolute Gasteiger partial charge is 0.335 e. The Kier molecular flexibility index (Phi) is 5.12. The van der Waals surface area contributed by atoms with Crippen molar-refractivity contribution in [3.63, 3.8) is 0 Å². The monoisotopic (exact) mass is 293 g/mol. The summed E-state index contributed by atoms with van der Waals surface area (Å²) in [5.41, 5.74) is -0.276. The van der Waals surface area contributed by atoms with Gasteiger partial charge in [0.25, 0.3) is 0 Å². The van der Waals surface area contributed by atoms with Crippen LogP contribution in [0, 0.1) is 5.82 Å². The third-order valence-electron chi connectivity index (χ3n) is 2.07. The summed E-state index contributed by atoms with van der Waals surface area (Å²) in [4.78, 5) is 10.1. The van der Waals surface area contributed by atoms with E-state index in [1.165, 1.54) is 11.8 Å². The van der Waals surface area contributed by atoms with Gasteiger partial charge < -0.3 is 5.11 Å². The Balaban J connectivity index is 3.07. The average molecular weight is 293 g/mol. The molecule has 18 heavy (non-hydrogen) atoms. The number of nitrogens with one attached hydrogen (secondary N) is 1. The van der Waals surface area contributed by atoms with E-state index in [1.807, 2.05) is 0 Å². The van der Waals surface area contributed by atoms with Crippen molar-refractivity contribution in [2.24, 2.45) is 0 Å².